The van der Waals surface area contributed by atoms with E-state index in [2.05, 4.69) is 33.5 Å². The number of benzene rings is 1. The van der Waals surface area contributed by atoms with E-state index in [0.29, 0.717) is 19.0 Å². The van der Waals surface area contributed by atoms with Crippen molar-refractivity contribution in [3.05, 3.63) is 53.3 Å². The summed E-state index contributed by atoms with van der Waals surface area (Å²) >= 11 is 0. The molecule has 1 aliphatic heterocycles. The molecule has 1 aliphatic rings. The predicted molar refractivity (Wildman–Crippen MR) is 98.1 cm³/mol. The van der Waals surface area contributed by atoms with Gasteiger partial charge in [0.25, 0.3) is 0 Å². The van der Waals surface area contributed by atoms with Gasteiger partial charge in [-0.3, -0.25) is 4.79 Å². The van der Waals surface area contributed by atoms with E-state index in [0.717, 1.165) is 18.7 Å². The standard InChI is InChI=1S/C19H25N5O/c1-14(25)24-11-9-18(17-7-5-4-6-15(17)13-24)21-12-16-8-10-20-19(22-16)23(2)3/h4-8,10,18,21H,9,11-13H2,1-3H3. The van der Waals surface area contributed by atoms with Gasteiger partial charge in [0.05, 0.1) is 5.69 Å². The summed E-state index contributed by atoms with van der Waals surface area (Å²) in [6.45, 7) is 3.75. The molecule has 1 unspecified atom stereocenters. The highest BCUT2D eigenvalue weighted by atomic mass is 16.2. The molecule has 25 heavy (non-hydrogen) atoms. The first-order valence-corrected chi connectivity index (χ1v) is 8.60. The second-order valence-electron chi connectivity index (χ2n) is 6.60. The molecule has 2 aromatic rings. The Morgan fingerprint density at radius 3 is 2.88 bits per heavy atom. The van der Waals surface area contributed by atoms with Gasteiger partial charge in [-0.05, 0) is 23.6 Å². The number of anilines is 1. The van der Waals surface area contributed by atoms with Crippen molar-refractivity contribution in [2.75, 3.05) is 25.5 Å². The van der Waals surface area contributed by atoms with Crippen LogP contribution in [-0.4, -0.2) is 41.4 Å². The first-order chi connectivity index (χ1) is 12.0. The van der Waals surface area contributed by atoms with Crippen molar-refractivity contribution in [3.63, 3.8) is 0 Å². The summed E-state index contributed by atoms with van der Waals surface area (Å²) in [5.41, 5.74) is 3.45. The van der Waals surface area contributed by atoms with E-state index in [4.69, 9.17) is 0 Å². The quantitative estimate of drug-likeness (QED) is 0.925. The maximum atomic E-state index is 11.8. The summed E-state index contributed by atoms with van der Waals surface area (Å²) in [6, 6.07) is 10.5. The SMILES string of the molecule is CC(=O)N1CCC(NCc2ccnc(N(C)C)n2)c2ccccc2C1. The lowest BCUT2D eigenvalue weighted by Gasteiger charge is -2.20. The zero-order chi connectivity index (χ0) is 17.8. The Morgan fingerprint density at radius 2 is 2.12 bits per heavy atom. The van der Waals surface area contributed by atoms with E-state index in [1.807, 2.05) is 36.0 Å². The van der Waals surface area contributed by atoms with Crippen LogP contribution in [-0.2, 0) is 17.9 Å². The van der Waals surface area contributed by atoms with Gasteiger partial charge in [0, 0.05) is 52.9 Å². The highest BCUT2D eigenvalue weighted by Crippen LogP contribution is 2.27. The fourth-order valence-corrected chi connectivity index (χ4v) is 3.15. The number of carbonyl (C=O) groups excluding carboxylic acids is 1. The fraction of sp³-hybridized carbons (Fsp3) is 0.421. The lowest BCUT2D eigenvalue weighted by molar-refractivity contribution is -0.129. The fourth-order valence-electron chi connectivity index (χ4n) is 3.15. The van der Waals surface area contributed by atoms with Crippen molar-refractivity contribution < 1.29 is 4.79 Å². The van der Waals surface area contributed by atoms with Crippen LogP contribution >= 0.6 is 0 Å². The minimum absolute atomic E-state index is 0.127. The van der Waals surface area contributed by atoms with Crippen molar-refractivity contribution in [3.8, 4) is 0 Å². The summed E-state index contributed by atoms with van der Waals surface area (Å²) in [5, 5.41) is 3.61. The van der Waals surface area contributed by atoms with Crippen LogP contribution in [0.1, 0.15) is 36.2 Å². The van der Waals surface area contributed by atoms with Crippen LogP contribution in [0.4, 0.5) is 5.95 Å². The number of hydrogen-bond donors (Lipinski definition) is 1. The van der Waals surface area contributed by atoms with Gasteiger partial charge in [0.1, 0.15) is 0 Å². The number of fused-ring (bicyclic) bond motifs is 1. The minimum atomic E-state index is 0.127. The summed E-state index contributed by atoms with van der Waals surface area (Å²) in [7, 11) is 3.87. The number of nitrogens with zero attached hydrogens (tertiary/aromatic N) is 4. The van der Waals surface area contributed by atoms with Crippen LogP contribution < -0.4 is 10.2 Å². The molecular formula is C19H25N5O. The van der Waals surface area contributed by atoms with Gasteiger partial charge >= 0.3 is 0 Å². The number of carbonyl (C=O) groups is 1. The van der Waals surface area contributed by atoms with Crippen LogP contribution in [0.15, 0.2) is 36.5 Å². The van der Waals surface area contributed by atoms with Gasteiger partial charge in [-0.2, -0.15) is 0 Å². The summed E-state index contributed by atoms with van der Waals surface area (Å²) in [6.07, 6.45) is 2.68. The minimum Gasteiger partial charge on any atom is -0.347 e. The van der Waals surface area contributed by atoms with E-state index in [9.17, 15) is 4.79 Å². The second kappa shape index (κ2) is 7.61. The largest absolute Gasteiger partial charge is 0.347 e. The first kappa shape index (κ1) is 17.4. The lowest BCUT2D eigenvalue weighted by Crippen LogP contribution is -2.29. The monoisotopic (exact) mass is 339 g/mol. The van der Waals surface area contributed by atoms with E-state index >= 15 is 0 Å². The van der Waals surface area contributed by atoms with E-state index in [1.54, 1.807) is 13.1 Å². The predicted octanol–water partition coefficient (Wildman–Crippen LogP) is 2.13. The zero-order valence-electron chi connectivity index (χ0n) is 15.1. The Hall–Kier alpha value is -2.47. The van der Waals surface area contributed by atoms with Crippen molar-refractivity contribution in [2.24, 2.45) is 0 Å². The first-order valence-electron chi connectivity index (χ1n) is 8.60. The van der Waals surface area contributed by atoms with E-state index < -0.39 is 0 Å². The Balaban J connectivity index is 1.76. The maximum absolute atomic E-state index is 11.8. The Kier molecular flexibility index (Phi) is 5.28. The van der Waals surface area contributed by atoms with Crippen molar-refractivity contribution in [1.29, 1.82) is 0 Å². The van der Waals surface area contributed by atoms with Crippen molar-refractivity contribution in [2.45, 2.75) is 32.5 Å². The molecule has 1 aromatic heterocycles. The average molecular weight is 339 g/mol. The molecular weight excluding hydrogens is 314 g/mol. The van der Waals surface area contributed by atoms with Crippen LogP contribution in [0.5, 0.6) is 0 Å². The third-order valence-electron chi connectivity index (χ3n) is 4.55. The van der Waals surface area contributed by atoms with Crippen LogP contribution in [0.25, 0.3) is 0 Å². The Labute approximate surface area is 148 Å². The molecule has 132 valence electrons. The molecule has 6 heteroatoms. The highest BCUT2D eigenvalue weighted by molar-refractivity contribution is 5.73. The molecule has 2 heterocycles. The topological polar surface area (TPSA) is 61.4 Å². The molecule has 0 aliphatic carbocycles. The lowest BCUT2D eigenvalue weighted by atomic mass is 9.99. The van der Waals surface area contributed by atoms with Crippen LogP contribution in [0, 0.1) is 0 Å². The number of nitrogens with one attached hydrogen (secondary N) is 1. The van der Waals surface area contributed by atoms with E-state index in [-0.39, 0.29) is 11.9 Å². The number of rotatable bonds is 4. The summed E-state index contributed by atoms with van der Waals surface area (Å²) in [4.78, 5) is 24.5. The molecule has 0 saturated carbocycles. The van der Waals surface area contributed by atoms with Gasteiger partial charge in [0.15, 0.2) is 0 Å². The van der Waals surface area contributed by atoms with Crippen molar-refractivity contribution in [1.82, 2.24) is 20.2 Å². The van der Waals surface area contributed by atoms with Gasteiger partial charge in [-0.15, -0.1) is 0 Å². The normalized spacial score (nSPS) is 16.9. The van der Waals surface area contributed by atoms with E-state index in [1.165, 1.54) is 11.1 Å². The number of aromatic nitrogens is 2. The Bertz CT molecular complexity index is 746. The van der Waals surface area contributed by atoms with Gasteiger partial charge in [0.2, 0.25) is 11.9 Å². The average Bonchev–Trinajstić information content (AvgIpc) is 2.80. The van der Waals surface area contributed by atoms with Crippen molar-refractivity contribution >= 4 is 11.9 Å². The van der Waals surface area contributed by atoms with Crippen LogP contribution in [0.3, 0.4) is 0 Å². The van der Waals surface area contributed by atoms with Gasteiger partial charge in [-0.25, -0.2) is 9.97 Å². The third-order valence-corrected chi connectivity index (χ3v) is 4.55. The maximum Gasteiger partial charge on any atom is 0.225 e. The molecule has 0 radical (unpaired) electrons. The number of amides is 1. The molecule has 3 rings (SSSR count). The molecule has 1 atom stereocenters. The second-order valence-corrected chi connectivity index (χ2v) is 6.60. The zero-order valence-corrected chi connectivity index (χ0v) is 15.1. The molecule has 6 nitrogen and oxygen atoms in total. The summed E-state index contributed by atoms with van der Waals surface area (Å²) in [5.74, 6) is 0.838. The number of hydrogen-bond acceptors (Lipinski definition) is 5. The Morgan fingerprint density at radius 1 is 1.32 bits per heavy atom. The summed E-state index contributed by atoms with van der Waals surface area (Å²) < 4.78 is 0. The third kappa shape index (κ3) is 4.14. The molecule has 1 aromatic carbocycles. The molecule has 0 fully saturated rings. The highest BCUT2D eigenvalue weighted by Gasteiger charge is 2.23. The van der Waals surface area contributed by atoms with Gasteiger partial charge in [-0.1, -0.05) is 24.3 Å². The molecule has 0 spiro atoms. The smallest absolute Gasteiger partial charge is 0.225 e. The van der Waals surface area contributed by atoms with Crippen LogP contribution in [0.2, 0.25) is 0 Å². The molecule has 1 amide bonds. The van der Waals surface area contributed by atoms with Gasteiger partial charge < -0.3 is 15.1 Å². The molecule has 1 N–H and O–H groups in total. The molecule has 0 bridgehead atoms. The molecule has 0 saturated heterocycles.